The number of phenols is 1. The van der Waals surface area contributed by atoms with Gasteiger partial charge in [0.05, 0.1) is 5.69 Å². The second-order valence-corrected chi connectivity index (χ2v) is 6.51. The first-order valence-electron chi connectivity index (χ1n) is 8.54. The topological polar surface area (TPSA) is 96.5 Å². The Morgan fingerprint density at radius 3 is 2.81 bits per heavy atom. The molecule has 138 valence electrons. The normalized spacial score (nSPS) is 12.2. The molecule has 3 aromatic rings. The molecular formula is C20H19N3O4. The Balaban J connectivity index is 1.48. The van der Waals surface area contributed by atoms with Crippen LogP contribution in [0.1, 0.15) is 27.2 Å². The minimum Gasteiger partial charge on any atom is -0.507 e. The maximum Gasteiger partial charge on any atom is 0.269 e. The fraction of sp³-hybridized carbons (Fsp3) is 0.200. The number of ether oxygens (including phenoxy) is 2. The number of H-pyrrole nitrogens is 1. The average molecular weight is 365 g/mol. The van der Waals surface area contributed by atoms with Crippen molar-refractivity contribution < 1.29 is 19.4 Å². The van der Waals surface area contributed by atoms with Crippen LogP contribution in [0.4, 0.5) is 0 Å². The Bertz CT molecular complexity index is 1000. The molecule has 7 nitrogen and oxygen atoms in total. The van der Waals surface area contributed by atoms with Crippen LogP contribution < -0.4 is 14.8 Å². The minimum absolute atomic E-state index is 0.145. The van der Waals surface area contributed by atoms with Crippen molar-refractivity contribution >= 4 is 5.91 Å². The summed E-state index contributed by atoms with van der Waals surface area (Å²) >= 11 is 0. The third-order valence-corrected chi connectivity index (χ3v) is 4.43. The lowest BCUT2D eigenvalue weighted by molar-refractivity contribution is 0.0946. The summed E-state index contributed by atoms with van der Waals surface area (Å²) in [5.41, 5.74) is 4.23. The van der Waals surface area contributed by atoms with E-state index < -0.39 is 0 Å². The molecule has 0 aliphatic carbocycles. The van der Waals surface area contributed by atoms with E-state index in [-0.39, 0.29) is 18.4 Å². The quantitative estimate of drug-likeness (QED) is 0.660. The SMILES string of the molecule is Cc1cc(C)c(-c2cc(C(=O)NCc3ccc4c(c3)OCO4)[nH]n2)c(O)c1. The first-order chi connectivity index (χ1) is 13.0. The Morgan fingerprint density at radius 1 is 1.19 bits per heavy atom. The van der Waals surface area contributed by atoms with Crippen molar-refractivity contribution in [3.63, 3.8) is 0 Å². The summed E-state index contributed by atoms with van der Waals surface area (Å²) in [5, 5.41) is 20.0. The summed E-state index contributed by atoms with van der Waals surface area (Å²) < 4.78 is 10.6. The molecule has 0 atom stereocenters. The van der Waals surface area contributed by atoms with E-state index in [4.69, 9.17) is 9.47 Å². The number of hydrogen-bond donors (Lipinski definition) is 3. The van der Waals surface area contributed by atoms with Gasteiger partial charge in [0, 0.05) is 12.1 Å². The van der Waals surface area contributed by atoms with Crippen LogP contribution in [0.2, 0.25) is 0 Å². The summed E-state index contributed by atoms with van der Waals surface area (Å²) in [6.45, 7) is 4.37. The number of aromatic nitrogens is 2. The van der Waals surface area contributed by atoms with Crippen molar-refractivity contribution in [3.05, 3.63) is 58.8 Å². The van der Waals surface area contributed by atoms with E-state index in [1.54, 1.807) is 12.1 Å². The van der Waals surface area contributed by atoms with Crippen LogP contribution in [-0.2, 0) is 6.54 Å². The fourth-order valence-electron chi connectivity index (χ4n) is 3.17. The molecule has 27 heavy (non-hydrogen) atoms. The molecule has 0 radical (unpaired) electrons. The molecule has 7 heteroatoms. The number of fused-ring (bicyclic) bond motifs is 1. The maximum absolute atomic E-state index is 12.4. The highest BCUT2D eigenvalue weighted by atomic mass is 16.7. The van der Waals surface area contributed by atoms with Crippen LogP contribution in [0.3, 0.4) is 0 Å². The van der Waals surface area contributed by atoms with Gasteiger partial charge in [0.15, 0.2) is 11.5 Å². The van der Waals surface area contributed by atoms with Gasteiger partial charge in [-0.15, -0.1) is 0 Å². The van der Waals surface area contributed by atoms with Crippen LogP contribution in [0.25, 0.3) is 11.3 Å². The third-order valence-electron chi connectivity index (χ3n) is 4.43. The van der Waals surface area contributed by atoms with Crippen molar-refractivity contribution in [3.8, 4) is 28.5 Å². The average Bonchev–Trinajstić information content (AvgIpc) is 3.27. The zero-order chi connectivity index (χ0) is 19.0. The Labute approximate surface area is 155 Å². The molecule has 0 saturated heterocycles. The molecule has 1 aliphatic rings. The van der Waals surface area contributed by atoms with Gasteiger partial charge in [0.25, 0.3) is 5.91 Å². The summed E-state index contributed by atoms with van der Waals surface area (Å²) in [5.74, 6) is 1.24. The molecule has 4 rings (SSSR count). The van der Waals surface area contributed by atoms with Crippen molar-refractivity contribution in [1.82, 2.24) is 15.5 Å². The molecule has 0 spiro atoms. The number of hydrogen-bond acceptors (Lipinski definition) is 5. The van der Waals surface area contributed by atoms with Gasteiger partial charge in [-0.1, -0.05) is 12.1 Å². The van der Waals surface area contributed by atoms with Crippen molar-refractivity contribution in [1.29, 1.82) is 0 Å². The molecule has 2 heterocycles. The number of aryl methyl sites for hydroxylation is 2. The number of amides is 1. The van der Waals surface area contributed by atoms with Crippen molar-refractivity contribution in [2.45, 2.75) is 20.4 Å². The Morgan fingerprint density at radius 2 is 2.00 bits per heavy atom. The molecule has 3 N–H and O–H groups in total. The van der Waals surface area contributed by atoms with E-state index in [1.807, 2.05) is 38.1 Å². The molecule has 0 saturated carbocycles. The Kier molecular flexibility index (Phi) is 4.19. The molecule has 0 fully saturated rings. The van der Waals surface area contributed by atoms with Gasteiger partial charge in [-0.05, 0) is 54.8 Å². The van der Waals surface area contributed by atoms with Gasteiger partial charge in [-0.3, -0.25) is 9.89 Å². The molecule has 2 aromatic carbocycles. The number of carbonyl (C=O) groups excluding carboxylic acids is 1. The van der Waals surface area contributed by atoms with Gasteiger partial charge in [-0.2, -0.15) is 5.10 Å². The van der Waals surface area contributed by atoms with E-state index in [0.717, 1.165) is 16.7 Å². The number of rotatable bonds is 4. The first kappa shape index (κ1) is 17.0. The number of nitrogens with one attached hydrogen (secondary N) is 2. The van der Waals surface area contributed by atoms with Gasteiger partial charge in [0.1, 0.15) is 11.4 Å². The number of benzene rings is 2. The number of nitrogens with zero attached hydrogens (tertiary/aromatic N) is 1. The van der Waals surface area contributed by atoms with E-state index in [9.17, 15) is 9.90 Å². The summed E-state index contributed by atoms with van der Waals surface area (Å²) in [7, 11) is 0. The predicted octanol–water partition coefficient (Wildman–Crippen LogP) is 3.06. The monoisotopic (exact) mass is 365 g/mol. The van der Waals surface area contributed by atoms with Crippen LogP contribution in [-0.4, -0.2) is 28.0 Å². The summed E-state index contributed by atoms with van der Waals surface area (Å²) in [6, 6.07) is 10.8. The largest absolute Gasteiger partial charge is 0.507 e. The maximum atomic E-state index is 12.4. The molecule has 1 aliphatic heterocycles. The number of aromatic hydroxyl groups is 1. The van der Waals surface area contributed by atoms with E-state index in [2.05, 4.69) is 15.5 Å². The van der Waals surface area contributed by atoms with Gasteiger partial charge < -0.3 is 19.9 Å². The molecule has 1 amide bonds. The number of aromatic amines is 1. The van der Waals surface area contributed by atoms with Gasteiger partial charge in [-0.25, -0.2) is 0 Å². The van der Waals surface area contributed by atoms with E-state index in [0.29, 0.717) is 35.0 Å². The summed E-state index contributed by atoms with van der Waals surface area (Å²) in [6.07, 6.45) is 0. The van der Waals surface area contributed by atoms with E-state index in [1.165, 1.54) is 0 Å². The van der Waals surface area contributed by atoms with Crippen molar-refractivity contribution in [2.24, 2.45) is 0 Å². The molecule has 0 bridgehead atoms. The highest BCUT2D eigenvalue weighted by Crippen LogP contribution is 2.33. The predicted molar refractivity (Wildman–Crippen MR) is 98.9 cm³/mol. The first-order valence-corrected chi connectivity index (χ1v) is 8.54. The Hall–Kier alpha value is -3.48. The summed E-state index contributed by atoms with van der Waals surface area (Å²) in [4.78, 5) is 12.4. The lowest BCUT2D eigenvalue weighted by Crippen LogP contribution is -2.23. The second-order valence-electron chi connectivity index (χ2n) is 6.51. The lowest BCUT2D eigenvalue weighted by Gasteiger charge is -2.07. The molecule has 0 unspecified atom stereocenters. The van der Waals surface area contributed by atoms with Crippen LogP contribution >= 0.6 is 0 Å². The van der Waals surface area contributed by atoms with Crippen LogP contribution in [0.5, 0.6) is 17.2 Å². The zero-order valence-electron chi connectivity index (χ0n) is 15.0. The third kappa shape index (κ3) is 3.31. The van der Waals surface area contributed by atoms with Crippen LogP contribution in [0.15, 0.2) is 36.4 Å². The minimum atomic E-state index is -0.282. The number of carbonyl (C=O) groups is 1. The van der Waals surface area contributed by atoms with E-state index >= 15 is 0 Å². The van der Waals surface area contributed by atoms with Gasteiger partial charge in [0.2, 0.25) is 6.79 Å². The molecule has 1 aromatic heterocycles. The molecular weight excluding hydrogens is 346 g/mol. The van der Waals surface area contributed by atoms with Crippen LogP contribution in [0, 0.1) is 13.8 Å². The second kappa shape index (κ2) is 6.68. The zero-order valence-corrected chi connectivity index (χ0v) is 15.0. The fourth-order valence-corrected chi connectivity index (χ4v) is 3.17. The lowest BCUT2D eigenvalue weighted by atomic mass is 10.0. The standard InChI is InChI=1S/C20H19N3O4/c1-11-5-12(2)19(16(24)6-11)14-8-15(23-22-14)20(25)21-9-13-3-4-17-18(7-13)27-10-26-17/h3-8,24H,9-10H2,1-2H3,(H,21,25)(H,22,23). The highest BCUT2D eigenvalue weighted by Gasteiger charge is 2.17. The number of phenolic OH excluding ortho intramolecular Hbond substituents is 1. The smallest absolute Gasteiger partial charge is 0.269 e. The van der Waals surface area contributed by atoms with Crippen molar-refractivity contribution in [2.75, 3.05) is 6.79 Å². The van der Waals surface area contributed by atoms with Gasteiger partial charge >= 0.3 is 0 Å². The highest BCUT2D eigenvalue weighted by molar-refractivity contribution is 5.93.